The second-order valence-electron chi connectivity index (χ2n) is 19.5. The predicted molar refractivity (Wildman–Crippen MR) is 293 cm³/mol. The first-order valence-electron chi connectivity index (χ1n) is 29.3. The first kappa shape index (κ1) is 65.1. The fourth-order valence-corrected chi connectivity index (χ4v) is 8.33. The molecule has 394 valence electrons. The predicted octanol–water partition coefficient (Wildman–Crippen LogP) is 19.6. The lowest BCUT2D eigenvalue weighted by Gasteiger charge is -2.18. The summed E-state index contributed by atoms with van der Waals surface area (Å²) >= 11 is 0. The molecule has 0 rings (SSSR count). The summed E-state index contributed by atoms with van der Waals surface area (Å²) in [5.41, 5.74) is 0. The highest BCUT2D eigenvalue weighted by atomic mass is 16.6. The van der Waals surface area contributed by atoms with Crippen molar-refractivity contribution in [3.63, 3.8) is 0 Å². The van der Waals surface area contributed by atoms with E-state index < -0.39 is 6.10 Å². The van der Waals surface area contributed by atoms with Crippen LogP contribution in [0.5, 0.6) is 0 Å². The molecular weight excluding hydrogens is 841 g/mol. The Hall–Kier alpha value is -2.89. The SMILES string of the molecule is CC/C=C\C/C=C\C/C=C\CCCCCCC(=O)OCC(COC(=O)CCCCCCCCC/C=C\CCCCCCCCCC)OC(=O)CCCCCCCCC/C=C\CCCCCCCC. The lowest BCUT2D eigenvalue weighted by Crippen LogP contribution is -2.30. The molecule has 1 atom stereocenters. The average molecular weight is 952 g/mol. The molecule has 0 aliphatic rings. The molecule has 0 aromatic carbocycles. The van der Waals surface area contributed by atoms with Gasteiger partial charge in [-0.25, -0.2) is 0 Å². The first-order chi connectivity index (χ1) is 33.5. The Morgan fingerprint density at radius 3 is 0.912 bits per heavy atom. The van der Waals surface area contributed by atoms with E-state index in [1.165, 1.54) is 167 Å². The maximum Gasteiger partial charge on any atom is 0.306 e. The van der Waals surface area contributed by atoms with Gasteiger partial charge < -0.3 is 14.2 Å². The number of allylic oxidation sites excluding steroid dienone is 10. The Kier molecular flexibility index (Phi) is 54.3. The number of rotatable bonds is 53. The number of ether oxygens (including phenoxy) is 3. The molecule has 0 aromatic rings. The van der Waals surface area contributed by atoms with Gasteiger partial charge in [-0.05, 0) is 103 Å². The van der Waals surface area contributed by atoms with E-state index in [2.05, 4.69) is 81.5 Å². The summed E-state index contributed by atoms with van der Waals surface area (Å²) in [4.78, 5) is 38.2. The van der Waals surface area contributed by atoms with Crippen LogP contribution in [0.25, 0.3) is 0 Å². The molecule has 68 heavy (non-hydrogen) atoms. The smallest absolute Gasteiger partial charge is 0.306 e. The molecule has 0 heterocycles. The van der Waals surface area contributed by atoms with Crippen molar-refractivity contribution in [2.75, 3.05) is 13.2 Å². The quantitative estimate of drug-likeness (QED) is 0.0262. The molecule has 0 amide bonds. The van der Waals surface area contributed by atoms with Gasteiger partial charge >= 0.3 is 17.9 Å². The largest absolute Gasteiger partial charge is 0.462 e. The first-order valence-corrected chi connectivity index (χ1v) is 29.3. The summed E-state index contributed by atoms with van der Waals surface area (Å²) in [7, 11) is 0. The summed E-state index contributed by atoms with van der Waals surface area (Å²) in [6.07, 6.45) is 70.7. The van der Waals surface area contributed by atoms with Crippen molar-refractivity contribution >= 4 is 17.9 Å². The molecule has 0 spiro atoms. The zero-order chi connectivity index (χ0) is 49.3. The highest BCUT2D eigenvalue weighted by Crippen LogP contribution is 2.15. The zero-order valence-electron chi connectivity index (χ0n) is 45.1. The van der Waals surface area contributed by atoms with E-state index in [0.29, 0.717) is 19.3 Å². The van der Waals surface area contributed by atoms with Crippen LogP contribution >= 0.6 is 0 Å². The molecule has 0 N–H and O–H groups in total. The minimum absolute atomic E-state index is 0.0844. The van der Waals surface area contributed by atoms with Gasteiger partial charge in [-0.1, -0.05) is 236 Å². The van der Waals surface area contributed by atoms with Crippen molar-refractivity contribution in [1.82, 2.24) is 0 Å². The van der Waals surface area contributed by atoms with Gasteiger partial charge in [0.2, 0.25) is 0 Å². The minimum Gasteiger partial charge on any atom is -0.462 e. The van der Waals surface area contributed by atoms with Gasteiger partial charge in [0, 0.05) is 19.3 Å². The standard InChI is InChI=1S/C62H110O6/c1-4-7-10-13-16-19-22-25-28-30-31-33-34-37-40-43-46-49-52-55-61(64)67-58-59(57-66-60(63)54-51-48-45-42-39-36-27-24-21-18-15-12-9-6-3)68-62(65)56-53-50-47-44-41-38-35-32-29-26-23-20-17-14-11-8-5-2/h9,12,18,21,26-27,29-31,36,59H,4-8,10-11,13-17,19-20,22-25,28,32-35,37-58H2,1-3H3/b12-9-,21-18-,29-26-,31-30-,36-27-. The van der Waals surface area contributed by atoms with E-state index in [1.54, 1.807) is 0 Å². The molecule has 0 aromatic heterocycles. The summed E-state index contributed by atoms with van der Waals surface area (Å²) < 4.78 is 16.9. The molecule has 1 unspecified atom stereocenters. The Labute approximate surface area is 421 Å². The van der Waals surface area contributed by atoms with Crippen LogP contribution in [0.15, 0.2) is 60.8 Å². The summed E-state index contributed by atoms with van der Waals surface area (Å²) in [5, 5.41) is 0. The lowest BCUT2D eigenvalue weighted by atomic mass is 10.1. The Bertz CT molecular complexity index is 1230. The summed E-state index contributed by atoms with van der Waals surface area (Å²) in [5.74, 6) is -0.905. The summed E-state index contributed by atoms with van der Waals surface area (Å²) in [6, 6.07) is 0. The molecule has 6 nitrogen and oxygen atoms in total. The second kappa shape index (κ2) is 56.7. The van der Waals surface area contributed by atoms with E-state index in [1.807, 2.05) is 0 Å². The number of esters is 3. The molecule has 0 aliphatic carbocycles. The molecular formula is C62H110O6. The molecule has 0 radical (unpaired) electrons. The van der Waals surface area contributed by atoms with E-state index in [0.717, 1.165) is 89.9 Å². The van der Waals surface area contributed by atoms with Gasteiger partial charge in [0.15, 0.2) is 6.10 Å². The van der Waals surface area contributed by atoms with Crippen LogP contribution in [0.1, 0.15) is 297 Å². The van der Waals surface area contributed by atoms with Crippen molar-refractivity contribution < 1.29 is 28.6 Å². The van der Waals surface area contributed by atoms with Crippen LogP contribution in [-0.4, -0.2) is 37.2 Å². The van der Waals surface area contributed by atoms with Crippen LogP contribution in [0, 0.1) is 0 Å². The normalized spacial score (nSPS) is 12.5. The molecule has 6 heteroatoms. The third-order valence-corrected chi connectivity index (χ3v) is 12.7. The van der Waals surface area contributed by atoms with Gasteiger partial charge in [0.25, 0.3) is 0 Å². The maximum absolute atomic E-state index is 12.9. The van der Waals surface area contributed by atoms with Crippen LogP contribution in [0.4, 0.5) is 0 Å². The lowest BCUT2D eigenvalue weighted by molar-refractivity contribution is -0.167. The highest BCUT2D eigenvalue weighted by Gasteiger charge is 2.19. The van der Waals surface area contributed by atoms with Gasteiger partial charge in [0.05, 0.1) is 0 Å². The average Bonchev–Trinajstić information content (AvgIpc) is 3.34. The van der Waals surface area contributed by atoms with Crippen molar-refractivity contribution in [2.24, 2.45) is 0 Å². The third-order valence-electron chi connectivity index (χ3n) is 12.7. The van der Waals surface area contributed by atoms with Crippen LogP contribution < -0.4 is 0 Å². The second-order valence-corrected chi connectivity index (χ2v) is 19.5. The molecule has 0 aliphatic heterocycles. The van der Waals surface area contributed by atoms with Crippen molar-refractivity contribution in [3.05, 3.63) is 60.8 Å². The maximum atomic E-state index is 12.9. The fourth-order valence-electron chi connectivity index (χ4n) is 8.33. The van der Waals surface area contributed by atoms with E-state index in [-0.39, 0.29) is 31.1 Å². The topological polar surface area (TPSA) is 78.9 Å². The van der Waals surface area contributed by atoms with Crippen molar-refractivity contribution in [3.8, 4) is 0 Å². The van der Waals surface area contributed by atoms with Gasteiger partial charge in [-0.2, -0.15) is 0 Å². The van der Waals surface area contributed by atoms with E-state index in [4.69, 9.17) is 14.2 Å². The van der Waals surface area contributed by atoms with Gasteiger partial charge in [-0.3, -0.25) is 14.4 Å². The third kappa shape index (κ3) is 54.1. The van der Waals surface area contributed by atoms with Crippen molar-refractivity contribution in [2.45, 2.75) is 303 Å². The number of hydrogen-bond donors (Lipinski definition) is 0. The van der Waals surface area contributed by atoms with Crippen LogP contribution in [0.2, 0.25) is 0 Å². The summed E-state index contributed by atoms with van der Waals surface area (Å²) in [6.45, 7) is 6.52. The van der Waals surface area contributed by atoms with E-state index >= 15 is 0 Å². The minimum atomic E-state index is -0.787. The number of unbranched alkanes of at least 4 members (excludes halogenated alkanes) is 32. The number of carbonyl (C=O) groups excluding carboxylic acids is 3. The highest BCUT2D eigenvalue weighted by molar-refractivity contribution is 5.71. The Morgan fingerprint density at radius 2 is 0.574 bits per heavy atom. The zero-order valence-corrected chi connectivity index (χ0v) is 45.1. The van der Waals surface area contributed by atoms with Crippen LogP contribution in [0.3, 0.4) is 0 Å². The monoisotopic (exact) mass is 951 g/mol. The molecule has 0 fully saturated rings. The Morgan fingerprint density at radius 1 is 0.309 bits per heavy atom. The number of hydrogen-bond acceptors (Lipinski definition) is 6. The van der Waals surface area contributed by atoms with Gasteiger partial charge in [0.1, 0.15) is 13.2 Å². The van der Waals surface area contributed by atoms with Gasteiger partial charge in [-0.15, -0.1) is 0 Å². The molecule has 0 saturated carbocycles. The number of carbonyl (C=O) groups is 3. The fraction of sp³-hybridized carbons (Fsp3) is 0.790. The van der Waals surface area contributed by atoms with Crippen molar-refractivity contribution in [1.29, 1.82) is 0 Å². The Balaban J connectivity index is 4.38. The molecule has 0 bridgehead atoms. The van der Waals surface area contributed by atoms with E-state index in [9.17, 15) is 14.4 Å². The van der Waals surface area contributed by atoms with Crippen LogP contribution in [-0.2, 0) is 28.6 Å². The molecule has 0 saturated heterocycles.